The van der Waals surface area contributed by atoms with Crippen molar-refractivity contribution in [3.63, 3.8) is 0 Å². The molecule has 1 atom stereocenters. The van der Waals surface area contributed by atoms with Gasteiger partial charge in [0.1, 0.15) is 5.82 Å². The van der Waals surface area contributed by atoms with Crippen molar-refractivity contribution < 1.29 is 14.0 Å². The number of benzene rings is 2. The van der Waals surface area contributed by atoms with E-state index >= 15 is 0 Å². The zero-order valence-electron chi connectivity index (χ0n) is 15.5. The number of amides is 2. The van der Waals surface area contributed by atoms with Crippen molar-refractivity contribution in [1.29, 1.82) is 0 Å². The topological polar surface area (TPSA) is 67.2 Å². The average Bonchev–Trinajstić information content (AvgIpc) is 2.95. The summed E-state index contributed by atoms with van der Waals surface area (Å²) in [5, 5.41) is 8.28. The first kappa shape index (κ1) is 17.9. The lowest BCUT2D eigenvalue weighted by molar-refractivity contribution is -0.116. The van der Waals surface area contributed by atoms with Crippen LogP contribution in [-0.2, 0) is 11.8 Å². The van der Waals surface area contributed by atoms with Gasteiger partial charge in [-0.1, -0.05) is 12.1 Å². The van der Waals surface area contributed by atoms with Crippen LogP contribution >= 0.6 is 0 Å². The molecular formula is C21H19FN4O2. The lowest BCUT2D eigenvalue weighted by Gasteiger charge is -2.31. The van der Waals surface area contributed by atoms with Gasteiger partial charge >= 0.3 is 6.03 Å². The summed E-state index contributed by atoms with van der Waals surface area (Å²) in [5.41, 5.74) is 3.16. The lowest BCUT2D eigenvalue weighted by Crippen LogP contribution is -2.37. The highest BCUT2D eigenvalue weighted by atomic mass is 19.1. The van der Waals surface area contributed by atoms with Crippen LogP contribution in [0.25, 0.3) is 10.9 Å². The summed E-state index contributed by atoms with van der Waals surface area (Å²) >= 11 is 0. The van der Waals surface area contributed by atoms with Gasteiger partial charge in [0, 0.05) is 30.7 Å². The molecule has 0 saturated heterocycles. The molecule has 1 unspecified atom stereocenters. The van der Waals surface area contributed by atoms with E-state index in [-0.39, 0.29) is 24.1 Å². The normalized spacial score (nSPS) is 16.6. The molecule has 1 aromatic heterocycles. The fourth-order valence-corrected chi connectivity index (χ4v) is 3.50. The maximum atomic E-state index is 13.3. The molecule has 0 saturated carbocycles. The predicted octanol–water partition coefficient (Wildman–Crippen LogP) is 4.08. The average molecular weight is 378 g/mol. The summed E-state index contributed by atoms with van der Waals surface area (Å²) in [6.45, 7) is 1.93. The maximum absolute atomic E-state index is 13.3. The molecule has 4 rings (SSSR count). The maximum Gasteiger partial charge on any atom is 0.326 e. The van der Waals surface area contributed by atoms with Gasteiger partial charge < -0.3 is 5.32 Å². The van der Waals surface area contributed by atoms with E-state index in [1.54, 1.807) is 16.8 Å². The molecule has 0 aliphatic carbocycles. The number of allylic oxidation sites excluding steroid dienone is 1. The molecule has 28 heavy (non-hydrogen) atoms. The van der Waals surface area contributed by atoms with Crippen LogP contribution in [0.15, 0.2) is 54.7 Å². The third kappa shape index (κ3) is 3.26. The van der Waals surface area contributed by atoms with Crippen molar-refractivity contribution in [1.82, 2.24) is 14.7 Å². The first-order chi connectivity index (χ1) is 13.4. The molecule has 0 fully saturated rings. The highest BCUT2D eigenvalue weighted by Crippen LogP contribution is 2.30. The van der Waals surface area contributed by atoms with Crippen molar-refractivity contribution in [3.8, 4) is 0 Å². The van der Waals surface area contributed by atoms with Crippen LogP contribution in [-0.4, -0.2) is 26.5 Å². The molecule has 1 aliphatic heterocycles. The molecule has 0 spiro atoms. The van der Waals surface area contributed by atoms with Crippen LogP contribution in [0, 0.1) is 12.7 Å². The van der Waals surface area contributed by atoms with Crippen LogP contribution < -0.4 is 5.32 Å². The largest absolute Gasteiger partial charge is 0.326 e. The zero-order chi connectivity index (χ0) is 19.8. The number of urea groups is 1. The molecule has 3 aromatic rings. The number of carbonyl (C=O) groups is 2. The van der Waals surface area contributed by atoms with E-state index in [9.17, 15) is 14.0 Å². The summed E-state index contributed by atoms with van der Waals surface area (Å²) in [6.07, 6.45) is 3.00. The number of aryl methyl sites for hydroxylation is 2. The Morgan fingerprint density at radius 2 is 1.96 bits per heavy atom. The second-order valence-corrected chi connectivity index (χ2v) is 6.83. The van der Waals surface area contributed by atoms with Gasteiger partial charge in [0.15, 0.2) is 5.78 Å². The van der Waals surface area contributed by atoms with E-state index in [1.165, 1.54) is 29.3 Å². The fraction of sp³-hybridized carbons (Fsp3) is 0.190. The van der Waals surface area contributed by atoms with Crippen molar-refractivity contribution in [2.45, 2.75) is 19.4 Å². The minimum Gasteiger partial charge on any atom is -0.307 e. The number of rotatable bonds is 2. The number of carbonyl (C=O) groups excluding carboxylic acids is 2. The quantitative estimate of drug-likeness (QED) is 0.731. The van der Waals surface area contributed by atoms with E-state index in [2.05, 4.69) is 10.4 Å². The van der Waals surface area contributed by atoms with E-state index in [0.717, 1.165) is 16.6 Å². The summed E-state index contributed by atoms with van der Waals surface area (Å²) in [7, 11) is 1.85. The first-order valence-electron chi connectivity index (χ1n) is 8.91. The number of anilines is 1. The van der Waals surface area contributed by atoms with Gasteiger partial charge in [-0.3, -0.25) is 14.4 Å². The third-order valence-corrected chi connectivity index (χ3v) is 4.93. The molecule has 2 amide bonds. The second-order valence-electron chi connectivity index (χ2n) is 6.83. The molecule has 0 radical (unpaired) electrons. The number of nitrogens with one attached hydrogen (secondary N) is 1. The molecule has 0 bridgehead atoms. The molecule has 1 N–H and O–H groups in total. The number of ketones is 1. The first-order valence-corrected chi connectivity index (χ1v) is 8.91. The number of nitrogens with zero attached hydrogens (tertiary/aromatic N) is 3. The Kier molecular flexibility index (Phi) is 4.43. The third-order valence-electron chi connectivity index (χ3n) is 4.93. The monoisotopic (exact) mass is 378 g/mol. The molecule has 142 valence electrons. The highest BCUT2D eigenvalue weighted by molar-refractivity contribution is 5.97. The lowest BCUT2D eigenvalue weighted by atomic mass is 9.97. The van der Waals surface area contributed by atoms with Crippen LogP contribution in [0.4, 0.5) is 14.9 Å². The van der Waals surface area contributed by atoms with Gasteiger partial charge in [-0.15, -0.1) is 0 Å². The number of fused-ring (bicyclic) bond motifs is 1. The Morgan fingerprint density at radius 1 is 1.21 bits per heavy atom. The van der Waals surface area contributed by atoms with Gasteiger partial charge in [0.2, 0.25) is 0 Å². The zero-order valence-corrected chi connectivity index (χ0v) is 15.5. The van der Waals surface area contributed by atoms with Gasteiger partial charge in [0.25, 0.3) is 0 Å². The Morgan fingerprint density at radius 3 is 2.71 bits per heavy atom. The Bertz CT molecular complexity index is 1100. The van der Waals surface area contributed by atoms with Gasteiger partial charge in [0.05, 0.1) is 17.3 Å². The van der Waals surface area contributed by atoms with Gasteiger partial charge in [-0.2, -0.15) is 5.10 Å². The van der Waals surface area contributed by atoms with Crippen molar-refractivity contribution in [2.75, 3.05) is 5.32 Å². The van der Waals surface area contributed by atoms with Crippen LogP contribution in [0.3, 0.4) is 0 Å². The molecule has 1 aliphatic rings. The smallest absolute Gasteiger partial charge is 0.307 e. The molecular weight excluding hydrogens is 359 g/mol. The molecule has 2 aromatic carbocycles. The van der Waals surface area contributed by atoms with Gasteiger partial charge in [-0.25, -0.2) is 9.18 Å². The van der Waals surface area contributed by atoms with Crippen LogP contribution in [0.5, 0.6) is 0 Å². The van der Waals surface area contributed by atoms with E-state index < -0.39 is 6.04 Å². The summed E-state index contributed by atoms with van der Waals surface area (Å²) < 4.78 is 15.0. The summed E-state index contributed by atoms with van der Waals surface area (Å²) in [5.74, 6) is -0.442. The Hall–Kier alpha value is -3.48. The number of hydrogen-bond acceptors (Lipinski definition) is 3. The number of halogens is 1. The minimum absolute atomic E-state index is 0.0786. The highest BCUT2D eigenvalue weighted by Gasteiger charge is 2.28. The fourth-order valence-electron chi connectivity index (χ4n) is 3.50. The summed E-state index contributed by atoms with van der Waals surface area (Å²) in [6, 6.07) is 10.6. The standard InChI is InChI=1S/C21H19FN4O2/c1-13-18-8-7-16(11-20(18)25(2)24-13)23-21(28)26-10-9-17(27)12-19(26)14-3-5-15(22)6-4-14/h3-11,19H,12H2,1-2H3,(H,23,28). The van der Waals surface area contributed by atoms with Crippen molar-refractivity contribution in [2.24, 2.45) is 7.05 Å². The number of hydrogen-bond donors (Lipinski definition) is 1. The Balaban J connectivity index is 1.61. The van der Waals surface area contributed by atoms with E-state index in [0.29, 0.717) is 11.3 Å². The van der Waals surface area contributed by atoms with E-state index in [4.69, 9.17) is 0 Å². The molecule has 2 heterocycles. The SMILES string of the molecule is Cc1nn(C)c2cc(NC(=O)N3C=CC(=O)CC3c3ccc(F)cc3)ccc12. The Labute approximate surface area is 161 Å². The van der Waals surface area contributed by atoms with Gasteiger partial charge in [-0.05, 0) is 48.9 Å². The van der Waals surface area contributed by atoms with Crippen molar-refractivity contribution in [3.05, 3.63) is 71.8 Å². The molecule has 7 heteroatoms. The van der Waals surface area contributed by atoms with Crippen LogP contribution in [0.1, 0.15) is 23.7 Å². The molecule has 6 nitrogen and oxygen atoms in total. The summed E-state index contributed by atoms with van der Waals surface area (Å²) in [4.78, 5) is 26.3. The number of aromatic nitrogens is 2. The second kappa shape index (κ2) is 6.92. The minimum atomic E-state index is -0.485. The van der Waals surface area contributed by atoms with Crippen LogP contribution in [0.2, 0.25) is 0 Å². The van der Waals surface area contributed by atoms with Crippen molar-refractivity contribution >= 4 is 28.4 Å². The van der Waals surface area contributed by atoms with E-state index in [1.807, 2.05) is 32.2 Å². The predicted molar refractivity (Wildman–Crippen MR) is 104 cm³/mol.